The number of rotatable bonds is 4. The quantitative estimate of drug-likeness (QED) is 0.883. The number of hydrogen-bond donors (Lipinski definition) is 2. The maximum Gasteiger partial charge on any atom is 0.418 e. The molecule has 0 aliphatic carbocycles. The molecule has 1 aromatic heterocycles. The molecule has 0 atom stereocenters. The third-order valence-corrected chi connectivity index (χ3v) is 2.95. The zero-order valence-corrected chi connectivity index (χ0v) is 11.1. The second-order valence-corrected chi connectivity index (χ2v) is 4.49. The summed E-state index contributed by atoms with van der Waals surface area (Å²) in [6.45, 7) is -0.125. The van der Waals surface area contributed by atoms with Crippen molar-refractivity contribution in [3.8, 4) is 0 Å². The molecule has 0 unspecified atom stereocenters. The van der Waals surface area contributed by atoms with Crippen molar-refractivity contribution in [1.82, 2.24) is 0 Å². The number of alkyl halides is 3. The Hall–Kier alpha value is -2.15. The van der Waals surface area contributed by atoms with Crippen LogP contribution in [0.15, 0.2) is 34.7 Å². The highest BCUT2D eigenvalue weighted by Gasteiger charge is 2.34. The lowest BCUT2D eigenvalue weighted by Gasteiger charge is -2.15. The highest BCUT2D eigenvalue weighted by molar-refractivity contribution is 6.33. The van der Waals surface area contributed by atoms with Gasteiger partial charge < -0.3 is 14.8 Å². The van der Waals surface area contributed by atoms with Crippen LogP contribution in [0.1, 0.15) is 21.9 Å². The normalized spacial score (nSPS) is 11.4. The van der Waals surface area contributed by atoms with Crippen LogP contribution in [0, 0.1) is 0 Å². The molecule has 2 aromatic rings. The van der Waals surface area contributed by atoms with Crippen molar-refractivity contribution < 1.29 is 27.5 Å². The Bertz CT molecular complexity index is 667. The van der Waals surface area contributed by atoms with E-state index in [0.717, 1.165) is 6.07 Å². The first-order valence-corrected chi connectivity index (χ1v) is 6.08. The van der Waals surface area contributed by atoms with E-state index in [1.165, 1.54) is 24.3 Å². The second kappa shape index (κ2) is 5.69. The lowest BCUT2D eigenvalue weighted by Crippen LogP contribution is -2.11. The molecule has 0 saturated carbocycles. The lowest BCUT2D eigenvalue weighted by molar-refractivity contribution is -0.137. The summed E-state index contributed by atoms with van der Waals surface area (Å²) < 4.78 is 43.5. The molecule has 0 aliphatic rings. The van der Waals surface area contributed by atoms with Gasteiger partial charge in [-0.25, -0.2) is 4.79 Å². The third kappa shape index (κ3) is 3.49. The minimum atomic E-state index is -4.55. The smallest absolute Gasteiger partial charge is 0.418 e. The third-order valence-electron chi connectivity index (χ3n) is 2.63. The number of carboxylic acids is 1. The van der Waals surface area contributed by atoms with E-state index in [2.05, 4.69) is 5.32 Å². The Balaban J connectivity index is 2.21. The molecule has 2 N–H and O–H groups in total. The summed E-state index contributed by atoms with van der Waals surface area (Å²) in [6.07, 6.45) is -4.55. The summed E-state index contributed by atoms with van der Waals surface area (Å²) in [4.78, 5) is 10.6. The molecule has 4 nitrogen and oxygen atoms in total. The fraction of sp³-hybridized carbons (Fsp3) is 0.154. The van der Waals surface area contributed by atoms with E-state index in [-0.39, 0.29) is 28.8 Å². The number of carboxylic acid groups (broad SMARTS) is 1. The molecule has 8 heteroatoms. The van der Waals surface area contributed by atoms with E-state index in [4.69, 9.17) is 21.1 Å². The lowest BCUT2D eigenvalue weighted by atomic mass is 10.1. The Labute approximate surface area is 122 Å². The summed E-state index contributed by atoms with van der Waals surface area (Å²) in [7, 11) is 0. The summed E-state index contributed by atoms with van der Waals surface area (Å²) in [5.41, 5.74) is -1.18. The Morgan fingerprint density at radius 2 is 2.00 bits per heavy atom. The first-order valence-electron chi connectivity index (χ1n) is 5.70. The van der Waals surface area contributed by atoms with Gasteiger partial charge in [0, 0.05) is 0 Å². The van der Waals surface area contributed by atoms with Gasteiger partial charge in [0.05, 0.1) is 22.8 Å². The van der Waals surface area contributed by atoms with E-state index >= 15 is 0 Å². The molecule has 112 valence electrons. The molecule has 0 radical (unpaired) electrons. The summed E-state index contributed by atoms with van der Waals surface area (Å²) in [5, 5.41) is 11.1. The van der Waals surface area contributed by atoms with Crippen molar-refractivity contribution in [2.45, 2.75) is 12.7 Å². The van der Waals surface area contributed by atoms with Crippen LogP contribution in [0.5, 0.6) is 0 Å². The molecule has 0 fully saturated rings. The van der Waals surface area contributed by atoms with Crippen LogP contribution >= 0.6 is 11.6 Å². The number of carbonyl (C=O) groups is 1. The Morgan fingerprint density at radius 1 is 1.29 bits per heavy atom. The number of benzene rings is 1. The maximum absolute atomic E-state index is 12.9. The van der Waals surface area contributed by atoms with Crippen molar-refractivity contribution in [2.75, 3.05) is 5.32 Å². The molecular formula is C13H9ClF3NO3. The summed E-state index contributed by atoms with van der Waals surface area (Å²) in [6, 6.07) is 6.01. The van der Waals surface area contributed by atoms with E-state index in [0.29, 0.717) is 0 Å². The predicted octanol–water partition coefficient (Wildman–Crippen LogP) is 4.26. The highest BCUT2D eigenvalue weighted by atomic mass is 35.5. The predicted molar refractivity (Wildman–Crippen MR) is 69.4 cm³/mol. The topological polar surface area (TPSA) is 62.5 Å². The molecule has 1 aromatic carbocycles. The molecule has 21 heavy (non-hydrogen) atoms. The van der Waals surface area contributed by atoms with Gasteiger partial charge in [0.1, 0.15) is 5.76 Å². The average Bonchev–Trinajstić information content (AvgIpc) is 2.85. The zero-order chi connectivity index (χ0) is 15.6. The van der Waals surface area contributed by atoms with Gasteiger partial charge >= 0.3 is 12.1 Å². The minimum Gasteiger partial charge on any atom is -0.475 e. The van der Waals surface area contributed by atoms with Crippen LogP contribution in [0.4, 0.5) is 18.9 Å². The van der Waals surface area contributed by atoms with E-state index < -0.39 is 17.7 Å². The largest absolute Gasteiger partial charge is 0.475 e. The van der Waals surface area contributed by atoms with Crippen LogP contribution in [-0.4, -0.2) is 11.1 Å². The molecule has 0 aliphatic heterocycles. The number of anilines is 1. The maximum atomic E-state index is 12.9. The molecular weight excluding hydrogens is 311 g/mol. The number of nitrogens with one attached hydrogen (secondary N) is 1. The number of hydrogen-bond acceptors (Lipinski definition) is 3. The molecule has 0 spiro atoms. The van der Waals surface area contributed by atoms with Gasteiger partial charge in [-0.3, -0.25) is 0 Å². The first-order chi connectivity index (χ1) is 9.79. The van der Waals surface area contributed by atoms with Crippen molar-refractivity contribution in [3.05, 3.63) is 52.4 Å². The van der Waals surface area contributed by atoms with Gasteiger partial charge in [0.15, 0.2) is 0 Å². The molecule has 1 heterocycles. The minimum absolute atomic E-state index is 0.0881. The van der Waals surface area contributed by atoms with E-state index in [1.807, 2.05) is 0 Å². The van der Waals surface area contributed by atoms with Crippen LogP contribution in [0.25, 0.3) is 0 Å². The average molecular weight is 320 g/mol. The standard InChI is InChI=1S/C13H9ClF3NO3/c14-9-3-1-2-8(13(15,16)17)11(9)18-6-7-4-5-10(21-7)12(19)20/h1-5,18H,6H2,(H,19,20). The summed E-state index contributed by atoms with van der Waals surface area (Å²) >= 11 is 5.77. The van der Waals surface area contributed by atoms with Crippen molar-refractivity contribution in [2.24, 2.45) is 0 Å². The first kappa shape index (κ1) is 15.2. The monoisotopic (exact) mass is 319 g/mol. The van der Waals surface area contributed by atoms with E-state index in [9.17, 15) is 18.0 Å². The van der Waals surface area contributed by atoms with Crippen LogP contribution in [0.3, 0.4) is 0 Å². The molecule has 0 amide bonds. The van der Waals surface area contributed by atoms with E-state index in [1.54, 1.807) is 0 Å². The zero-order valence-electron chi connectivity index (χ0n) is 10.4. The number of furan rings is 1. The van der Waals surface area contributed by atoms with Crippen LogP contribution in [-0.2, 0) is 12.7 Å². The second-order valence-electron chi connectivity index (χ2n) is 4.08. The Morgan fingerprint density at radius 3 is 2.57 bits per heavy atom. The van der Waals surface area contributed by atoms with Crippen molar-refractivity contribution in [1.29, 1.82) is 0 Å². The van der Waals surface area contributed by atoms with Gasteiger partial charge in [-0.2, -0.15) is 13.2 Å². The number of aromatic carboxylic acids is 1. The van der Waals surface area contributed by atoms with Gasteiger partial charge in [-0.05, 0) is 24.3 Å². The Kier molecular flexibility index (Phi) is 4.13. The van der Waals surface area contributed by atoms with Crippen LogP contribution in [0.2, 0.25) is 5.02 Å². The van der Waals surface area contributed by atoms with Gasteiger partial charge in [-0.15, -0.1) is 0 Å². The number of halogens is 4. The van der Waals surface area contributed by atoms with Gasteiger partial charge in [0.25, 0.3) is 0 Å². The SMILES string of the molecule is O=C(O)c1ccc(CNc2c(Cl)cccc2C(F)(F)F)o1. The van der Waals surface area contributed by atoms with Gasteiger partial charge in [0.2, 0.25) is 5.76 Å². The van der Waals surface area contributed by atoms with Crippen molar-refractivity contribution >= 4 is 23.3 Å². The molecule has 0 saturated heterocycles. The van der Waals surface area contributed by atoms with Crippen molar-refractivity contribution in [3.63, 3.8) is 0 Å². The highest BCUT2D eigenvalue weighted by Crippen LogP contribution is 2.38. The van der Waals surface area contributed by atoms with Crippen LogP contribution < -0.4 is 5.32 Å². The number of para-hydroxylation sites is 1. The van der Waals surface area contributed by atoms with Gasteiger partial charge in [-0.1, -0.05) is 17.7 Å². The molecule has 2 rings (SSSR count). The summed E-state index contributed by atoms with van der Waals surface area (Å²) in [5.74, 6) is -1.36. The molecule has 0 bridgehead atoms. The fourth-order valence-corrected chi connectivity index (χ4v) is 1.94. The fourth-order valence-electron chi connectivity index (χ4n) is 1.70.